The maximum atomic E-state index is 12.4. The number of phosphoric ester groups is 2. The van der Waals surface area contributed by atoms with E-state index in [0.717, 1.165) is 23.8 Å². The summed E-state index contributed by atoms with van der Waals surface area (Å²) >= 11 is 0. The van der Waals surface area contributed by atoms with Crippen LogP contribution in [0.3, 0.4) is 0 Å². The molecule has 0 bridgehead atoms. The van der Waals surface area contributed by atoms with Crippen LogP contribution >= 0.6 is 15.6 Å². The van der Waals surface area contributed by atoms with Gasteiger partial charge in [-0.25, -0.2) is 13.9 Å². The van der Waals surface area contributed by atoms with Gasteiger partial charge in [0.25, 0.3) is 5.56 Å². The van der Waals surface area contributed by atoms with E-state index in [0.29, 0.717) is 0 Å². The number of aliphatic hydroxyl groups excluding tert-OH is 3. The zero-order valence-electron chi connectivity index (χ0n) is 19.8. The number of nitrogens with two attached hydrogens (primary N) is 1. The number of rotatable bonds is 9. The van der Waals surface area contributed by atoms with Gasteiger partial charge in [0.05, 0.1) is 24.9 Å². The molecule has 11 atom stereocenters. The Kier molecular flexibility index (Phi) is 9.48. The van der Waals surface area contributed by atoms with Gasteiger partial charge in [-0.15, -0.1) is 0 Å². The van der Waals surface area contributed by atoms with E-state index in [2.05, 4.69) is 14.2 Å². The van der Waals surface area contributed by atoms with Crippen LogP contribution in [0.4, 0.5) is 0 Å². The molecule has 2 fully saturated rings. The number of nitrogens with zero attached hydrogens (tertiary/aromatic N) is 1. The predicted octanol–water partition coefficient (Wildman–Crippen LogP) is -3.66. The van der Waals surface area contributed by atoms with Crippen molar-refractivity contribution >= 4 is 21.6 Å². The number of aromatic nitrogens is 2. The van der Waals surface area contributed by atoms with Crippen LogP contribution < -0.4 is 22.3 Å². The van der Waals surface area contributed by atoms with Crippen LogP contribution in [0.15, 0.2) is 21.9 Å². The molecule has 1 aromatic heterocycles. The highest BCUT2D eigenvalue weighted by Gasteiger charge is 2.49. The molecule has 0 radical (unpaired) electrons. The minimum Gasteiger partial charge on any atom is -0.389 e. The average Bonchev–Trinajstić information content (AvgIpc) is 3.06. The summed E-state index contributed by atoms with van der Waals surface area (Å²) < 4.78 is 49.7. The van der Waals surface area contributed by atoms with Crippen molar-refractivity contribution in [3.63, 3.8) is 0 Å². The summed E-state index contributed by atoms with van der Waals surface area (Å²) in [6, 6.07) is -1.54. The molecule has 0 saturated carbocycles. The second kappa shape index (κ2) is 11.7. The number of carbonyl (C=O) groups is 1. The second-order valence-electron chi connectivity index (χ2n) is 8.49. The van der Waals surface area contributed by atoms with Crippen LogP contribution in [-0.4, -0.2) is 96.1 Å². The molecule has 1 amide bonds. The van der Waals surface area contributed by atoms with E-state index in [9.17, 15) is 48.6 Å². The number of nitrogens with one attached hydrogen (secondary N) is 2. The van der Waals surface area contributed by atoms with Crippen LogP contribution in [-0.2, 0) is 36.8 Å². The summed E-state index contributed by atoms with van der Waals surface area (Å²) in [5.41, 5.74) is 4.05. The molecule has 3 rings (SSSR count). The summed E-state index contributed by atoms with van der Waals surface area (Å²) in [4.78, 5) is 56.5. The molecule has 21 heteroatoms. The molecule has 1 aromatic rings. The SMILES string of the molecule is CC(=O)N[C@H]1[C@@H](OP(=O)(O)OP(=O)(O)OC[C@H]2O[C@@H](n3ccc(=O)[nH]c3=O)[C@H](O)[C@@H]2O)O[C@H](C)[C@H](N)[C@@H]1O. The normalized spacial score (nSPS) is 36.8. The third kappa shape index (κ3) is 7.22. The van der Waals surface area contributed by atoms with Crippen LogP contribution in [0.5, 0.6) is 0 Å². The van der Waals surface area contributed by atoms with Gasteiger partial charge in [0.1, 0.15) is 24.4 Å². The number of H-pyrrole nitrogens is 1. The molecule has 38 heavy (non-hydrogen) atoms. The van der Waals surface area contributed by atoms with Crippen molar-refractivity contribution in [1.82, 2.24) is 14.9 Å². The molecule has 0 aliphatic carbocycles. The smallest absolute Gasteiger partial charge is 0.389 e. The Labute approximate surface area is 213 Å². The first-order valence-electron chi connectivity index (χ1n) is 10.9. The third-order valence-corrected chi connectivity index (χ3v) is 8.22. The van der Waals surface area contributed by atoms with Crippen molar-refractivity contribution in [3.8, 4) is 0 Å². The van der Waals surface area contributed by atoms with Crippen molar-refractivity contribution in [1.29, 1.82) is 0 Å². The summed E-state index contributed by atoms with van der Waals surface area (Å²) in [6.45, 7) is 1.49. The molecule has 216 valence electrons. The van der Waals surface area contributed by atoms with E-state index in [-0.39, 0.29) is 0 Å². The number of phosphoric acid groups is 2. The second-order valence-corrected chi connectivity index (χ2v) is 11.5. The predicted molar refractivity (Wildman–Crippen MR) is 121 cm³/mol. The van der Waals surface area contributed by atoms with Gasteiger partial charge in [-0.05, 0) is 6.92 Å². The zero-order valence-corrected chi connectivity index (χ0v) is 21.6. The van der Waals surface area contributed by atoms with Crippen molar-refractivity contribution in [2.24, 2.45) is 5.73 Å². The van der Waals surface area contributed by atoms with Gasteiger partial charge < -0.3 is 45.6 Å². The fraction of sp³-hybridized carbons (Fsp3) is 0.706. The standard InChI is InChI=1S/C17H28N4O15P2/c1-6-10(18)13(25)11(19-7(2)22)16(33-6)35-38(30,31)36-37(28,29)32-5-8-12(24)14(26)15(34-8)21-4-3-9(23)20-17(21)27/h3-4,6,8,10-16,24-26H,5,18H2,1-2H3,(H,19,22)(H,28,29)(H,30,31)(H,20,23,27)/t6-,8-,10+,11-,12-,13+,14-,15-,16-/m1/s1. The molecule has 0 spiro atoms. The average molecular weight is 590 g/mol. The lowest BCUT2D eigenvalue weighted by molar-refractivity contribution is -0.203. The largest absolute Gasteiger partial charge is 0.483 e. The number of aliphatic hydroxyl groups is 3. The van der Waals surface area contributed by atoms with E-state index in [1.165, 1.54) is 6.92 Å². The van der Waals surface area contributed by atoms with E-state index in [1.54, 1.807) is 0 Å². The van der Waals surface area contributed by atoms with Gasteiger partial charge in [0.15, 0.2) is 12.5 Å². The fourth-order valence-corrected chi connectivity index (χ4v) is 5.90. The molecule has 2 saturated heterocycles. The molecular formula is C17H28N4O15P2. The lowest BCUT2D eigenvalue weighted by Crippen LogP contribution is -2.65. The third-order valence-electron chi connectivity index (χ3n) is 5.62. The minimum atomic E-state index is -5.49. The van der Waals surface area contributed by atoms with E-state index in [1.807, 2.05) is 4.98 Å². The number of carbonyl (C=O) groups excluding carboxylic acids is 1. The first-order chi connectivity index (χ1) is 17.5. The number of amides is 1. The Morgan fingerprint density at radius 1 is 1.16 bits per heavy atom. The Balaban J connectivity index is 1.64. The lowest BCUT2D eigenvalue weighted by atomic mass is 9.96. The molecule has 2 aliphatic heterocycles. The lowest BCUT2D eigenvalue weighted by Gasteiger charge is -2.42. The van der Waals surface area contributed by atoms with Gasteiger partial charge in [-0.1, -0.05) is 0 Å². The Bertz CT molecular complexity index is 1220. The Morgan fingerprint density at radius 2 is 1.82 bits per heavy atom. The first kappa shape index (κ1) is 30.7. The van der Waals surface area contributed by atoms with Gasteiger partial charge in [0.2, 0.25) is 5.91 Å². The van der Waals surface area contributed by atoms with Crippen LogP contribution in [0.2, 0.25) is 0 Å². The topological polar surface area (TPSA) is 291 Å². The fourth-order valence-electron chi connectivity index (χ4n) is 3.74. The van der Waals surface area contributed by atoms with Crippen molar-refractivity contribution < 1.29 is 61.9 Å². The number of hydrogen-bond donors (Lipinski definition) is 8. The number of ether oxygens (including phenoxy) is 2. The van der Waals surface area contributed by atoms with Crippen LogP contribution in [0.1, 0.15) is 20.1 Å². The van der Waals surface area contributed by atoms with Gasteiger partial charge in [-0.2, -0.15) is 4.31 Å². The van der Waals surface area contributed by atoms with Gasteiger partial charge >= 0.3 is 21.3 Å². The Morgan fingerprint density at radius 3 is 2.42 bits per heavy atom. The van der Waals surface area contributed by atoms with E-state index in [4.69, 9.17) is 19.7 Å². The molecule has 9 N–H and O–H groups in total. The van der Waals surface area contributed by atoms with E-state index < -0.39 is 94.5 Å². The maximum absolute atomic E-state index is 12.4. The minimum absolute atomic E-state index is 0.683. The monoisotopic (exact) mass is 590 g/mol. The molecule has 3 heterocycles. The zero-order chi connectivity index (χ0) is 28.6. The van der Waals surface area contributed by atoms with Crippen LogP contribution in [0, 0.1) is 0 Å². The summed E-state index contributed by atoms with van der Waals surface area (Å²) in [5, 5.41) is 32.9. The van der Waals surface area contributed by atoms with E-state index >= 15 is 0 Å². The molecule has 2 unspecified atom stereocenters. The highest BCUT2D eigenvalue weighted by Crippen LogP contribution is 2.61. The van der Waals surface area contributed by atoms with Gasteiger partial charge in [0, 0.05) is 19.2 Å². The summed E-state index contributed by atoms with van der Waals surface area (Å²) in [7, 11) is -10.9. The highest BCUT2D eigenvalue weighted by molar-refractivity contribution is 7.61. The highest BCUT2D eigenvalue weighted by atomic mass is 31.3. The molecule has 19 nitrogen and oxygen atoms in total. The number of aromatic amines is 1. The number of hydrogen-bond acceptors (Lipinski definition) is 14. The molecule has 0 aromatic carbocycles. The first-order valence-corrected chi connectivity index (χ1v) is 13.9. The van der Waals surface area contributed by atoms with Crippen LogP contribution in [0.25, 0.3) is 0 Å². The van der Waals surface area contributed by atoms with Gasteiger partial charge in [-0.3, -0.25) is 28.2 Å². The summed E-state index contributed by atoms with van der Waals surface area (Å²) in [6.07, 6.45) is -9.87. The maximum Gasteiger partial charge on any atom is 0.483 e. The summed E-state index contributed by atoms with van der Waals surface area (Å²) in [5.74, 6) is -0.683. The van der Waals surface area contributed by atoms with Crippen molar-refractivity contribution in [2.45, 2.75) is 69.0 Å². The Hall–Kier alpha value is -1.83. The van der Waals surface area contributed by atoms with Crippen molar-refractivity contribution in [3.05, 3.63) is 33.1 Å². The molecule has 2 aliphatic rings. The molecular weight excluding hydrogens is 562 g/mol. The quantitative estimate of drug-likeness (QED) is 0.129. The van der Waals surface area contributed by atoms with Crippen molar-refractivity contribution in [2.75, 3.05) is 6.61 Å².